The van der Waals surface area contributed by atoms with E-state index >= 15 is 0 Å². The van der Waals surface area contributed by atoms with Gasteiger partial charge in [-0.15, -0.1) is 0 Å². The lowest BCUT2D eigenvalue weighted by atomic mass is 10.1. The third-order valence-electron chi connectivity index (χ3n) is 5.66. The number of allylic oxidation sites excluding steroid dienone is 7. The summed E-state index contributed by atoms with van der Waals surface area (Å²) >= 11 is 0. The van der Waals surface area contributed by atoms with Crippen molar-refractivity contribution in [1.29, 1.82) is 0 Å². The summed E-state index contributed by atoms with van der Waals surface area (Å²) in [5, 5.41) is 32.5. The lowest BCUT2D eigenvalue weighted by Crippen LogP contribution is -2.45. The number of aliphatic hydroxyl groups excluding tert-OH is 3. The third kappa shape index (κ3) is 20.9. The van der Waals surface area contributed by atoms with Gasteiger partial charge in [0.15, 0.2) is 0 Å². The molecular formula is C29H51NO4. The van der Waals surface area contributed by atoms with Crippen LogP contribution in [0.15, 0.2) is 48.6 Å². The maximum atomic E-state index is 12.2. The van der Waals surface area contributed by atoms with Crippen molar-refractivity contribution in [1.82, 2.24) is 5.32 Å². The molecular weight excluding hydrogens is 426 g/mol. The number of nitrogens with one attached hydrogen (secondary N) is 1. The van der Waals surface area contributed by atoms with E-state index in [1.165, 1.54) is 19.3 Å². The van der Waals surface area contributed by atoms with E-state index in [1.807, 2.05) is 19.1 Å². The molecule has 0 aliphatic carbocycles. The molecule has 196 valence electrons. The van der Waals surface area contributed by atoms with E-state index in [4.69, 9.17) is 0 Å². The second-order valence-corrected chi connectivity index (χ2v) is 8.93. The Morgan fingerprint density at radius 2 is 1.38 bits per heavy atom. The molecule has 5 nitrogen and oxygen atoms in total. The van der Waals surface area contributed by atoms with E-state index in [2.05, 4.69) is 42.6 Å². The maximum Gasteiger partial charge on any atom is 0.222 e. The first-order valence-corrected chi connectivity index (χ1v) is 13.4. The van der Waals surface area contributed by atoms with Gasteiger partial charge in [0.05, 0.1) is 31.3 Å². The van der Waals surface area contributed by atoms with Crippen molar-refractivity contribution in [3.63, 3.8) is 0 Å². The van der Waals surface area contributed by atoms with Gasteiger partial charge in [-0.1, -0.05) is 81.2 Å². The fourth-order valence-electron chi connectivity index (χ4n) is 3.54. The van der Waals surface area contributed by atoms with E-state index in [0.29, 0.717) is 6.42 Å². The molecule has 0 aromatic rings. The summed E-state index contributed by atoms with van der Waals surface area (Å²) in [6, 6.07) is -0.767. The highest BCUT2D eigenvalue weighted by Crippen LogP contribution is 2.10. The van der Waals surface area contributed by atoms with Crippen molar-refractivity contribution in [2.45, 2.75) is 122 Å². The summed E-state index contributed by atoms with van der Waals surface area (Å²) in [6.45, 7) is 3.87. The normalized spacial score (nSPS) is 15.1. The minimum absolute atomic E-state index is 0.0116. The second-order valence-electron chi connectivity index (χ2n) is 8.93. The zero-order valence-corrected chi connectivity index (χ0v) is 21.7. The Bertz CT molecular complexity index is 583. The van der Waals surface area contributed by atoms with Crippen LogP contribution < -0.4 is 5.32 Å². The van der Waals surface area contributed by atoms with Crippen LogP contribution in [0, 0.1) is 0 Å². The quantitative estimate of drug-likeness (QED) is 0.115. The molecule has 0 radical (unpaired) electrons. The highest BCUT2D eigenvalue weighted by molar-refractivity contribution is 5.76. The van der Waals surface area contributed by atoms with Crippen molar-refractivity contribution < 1.29 is 20.1 Å². The number of rotatable bonds is 22. The zero-order chi connectivity index (χ0) is 25.3. The molecule has 3 atom stereocenters. The highest BCUT2D eigenvalue weighted by Gasteiger charge is 2.19. The van der Waals surface area contributed by atoms with Gasteiger partial charge in [0.2, 0.25) is 5.91 Å². The Kier molecular flexibility index (Phi) is 23.2. The first-order valence-electron chi connectivity index (χ1n) is 13.4. The number of hydrogen-bond acceptors (Lipinski definition) is 4. The first kappa shape index (κ1) is 32.3. The van der Waals surface area contributed by atoms with Gasteiger partial charge in [0.25, 0.3) is 0 Å². The van der Waals surface area contributed by atoms with Crippen molar-refractivity contribution in [3.05, 3.63) is 48.6 Å². The Labute approximate surface area is 208 Å². The lowest BCUT2D eigenvalue weighted by Gasteiger charge is -2.20. The molecule has 0 saturated heterocycles. The van der Waals surface area contributed by atoms with Crippen LogP contribution in [0.2, 0.25) is 0 Å². The summed E-state index contributed by atoms with van der Waals surface area (Å²) < 4.78 is 0. The summed E-state index contributed by atoms with van der Waals surface area (Å²) in [7, 11) is 0. The van der Waals surface area contributed by atoms with E-state index in [-0.39, 0.29) is 18.9 Å². The average Bonchev–Trinajstić information content (AvgIpc) is 2.82. The number of aliphatic hydroxyl groups is 3. The van der Waals surface area contributed by atoms with Gasteiger partial charge >= 0.3 is 0 Å². The number of unbranched alkanes of at least 4 members (excludes halogenated alkanes) is 8. The van der Waals surface area contributed by atoms with Crippen molar-refractivity contribution in [2.75, 3.05) is 6.61 Å². The first-order chi connectivity index (χ1) is 16.5. The van der Waals surface area contributed by atoms with Gasteiger partial charge in [0.1, 0.15) is 0 Å². The van der Waals surface area contributed by atoms with Gasteiger partial charge in [-0.25, -0.2) is 0 Å². The number of carbonyl (C=O) groups excluding carboxylic acids is 1. The van der Waals surface area contributed by atoms with Crippen molar-refractivity contribution >= 4 is 5.91 Å². The monoisotopic (exact) mass is 477 g/mol. The van der Waals surface area contributed by atoms with Gasteiger partial charge in [-0.2, -0.15) is 0 Å². The topological polar surface area (TPSA) is 89.8 Å². The van der Waals surface area contributed by atoms with Crippen LogP contribution in [0.25, 0.3) is 0 Å². The van der Waals surface area contributed by atoms with Gasteiger partial charge < -0.3 is 20.6 Å². The van der Waals surface area contributed by atoms with Crippen LogP contribution in [0.5, 0.6) is 0 Å². The molecule has 0 spiro atoms. The fourth-order valence-corrected chi connectivity index (χ4v) is 3.54. The largest absolute Gasteiger partial charge is 0.394 e. The predicted molar refractivity (Wildman–Crippen MR) is 144 cm³/mol. The molecule has 0 aliphatic heterocycles. The lowest BCUT2D eigenvalue weighted by molar-refractivity contribution is -0.124. The molecule has 3 unspecified atom stereocenters. The number of amides is 1. The molecule has 0 aromatic carbocycles. The molecule has 0 aromatic heterocycles. The average molecular weight is 478 g/mol. The molecule has 0 aliphatic rings. The molecule has 0 bridgehead atoms. The van der Waals surface area contributed by atoms with E-state index in [9.17, 15) is 20.1 Å². The smallest absolute Gasteiger partial charge is 0.222 e. The van der Waals surface area contributed by atoms with Gasteiger partial charge in [-0.3, -0.25) is 4.79 Å². The van der Waals surface area contributed by atoms with Crippen molar-refractivity contribution in [3.8, 4) is 0 Å². The minimum Gasteiger partial charge on any atom is -0.394 e. The van der Waals surface area contributed by atoms with E-state index in [0.717, 1.165) is 57.8 Å². The Morgan fingerprint density at radius 3 is 2.00 bits per heavy atom. The second kappa shape index (κ2) is 24.4. The summed E-state index contributed by atoms with van der Waals surface area (Å²) in [5.41, 5.74) is 0. The van der Waals surface area contributed by atoms with Gasteiger partial charge in [-0.05, 0) is 64.7 Å². The molecule has 5 heteroatoms. The van der Waals surface area contributed by atoms with E-state index < -0.39 is 18.2 Å². The summed E-state index contributed by atoms with van der Waals surface area (Å²) in [5.74, 6) is -0.349. The van der Waals surface area contributed by atoms with Crippen molar-refractivity contribution in [2.24, 2.45) is 0 Å². The van der Waals surface area contributed by atoms with Gasteiger partial charge in [0, 0.05) is 0 Å². The molecule has 0 heterocycles. The number of hydrogen-bond donors (Lipinski definition) is 4. The molecule has 0 fully saturated rings. The third-order valence-corrected chi connectivity index (χ3v) is 5.66. The maximum absolute atomic E-state index is 12.2. The standard InChI is InChI=1S/C29H51NO4/c1-3-5-7-9-11-13-15-16-18-20-22-26(32)24-29(34)30-27(25-31)28(33)23-21-19-17-14-12-10-8-6-4-2/h4,6,11-14,21,23,26-28,31-33H,3,5,7-10,15-20,22,24-25H2,1-2H3,(H,30,34)/b6-4+,13-11-,14-12+,23-21+. The van der Waals surface area contributed by atoms with Crippen LogP contribution >= 0.6 is 0 Å². The van der Waals surface area contributed by atoms with E-state index in [1.54, 1.807) is 6.08 Å². The fraction of sp³-hybridized carbons (Fsp3) is 0.690. The molecule has 34 heavy (non-hydrogen) atoms. The Morgan fingerprint density at radius 1 is 0.794 bits per heavy atom. The van der Waals surface area contributed by atoms with Crippen LogP contribution in [-0.2, 0) is 4.79 Å². The number of carbonyl (C=O) groups is 1. The molecule has 0 saturated carbocycles. The SMILES string of the molecule is C/C=C/CC/C=C/CC/C=C/C(O)C(CO)NC(=O)CC(O)CCCCC/C=C\CCCCC. The molecule has 1 amide bonds. The Balaban J connectivity index is 3.98. The Hall–Kier alpha value is -1.69. The highest BCUT2D eigenvalue weighted by atomic mass is 16.3. The molecule has 4 N–H and O–H groups in total. The predicted octanol–water partition coefficient (Wildman–Crippen LogP) is 5.91. The van der Waals surface area contributed by atoms with Crippen LogP contribution in [0.3, 0.4) is 0 Å². The van der Waals surface area contributed by atoms with Crippen LogP contribution in [-0.4, -0.2) is 46.1 Å². The van der Waals surface area contributed by atoms with Crippen LogP contribution in [0.4, 0.5) is 0 Å². The summed E-state index contributed by atoms with van der Waals surface area (Å²) in [6.07, 6.45) is 28.2. The minimum atomic E-state index is -0.959. The zero-order valence-electron chi connectivity index (χ0n) is 21.7. The summed E-state index contributed by atoms with van der Waals surface area (Å²) in [4.78, 5) is 12.2. The van der Waals surface area contributed by atoms with Crippen LogP contribution in [0.1, 0.15) is 104 Å². The molecule has 0 rings (SSSR count).